The van der Waals surface area contributed by atoms with Crippen molar-refractivity contribution < 1.29 is 27.3 Å². The van der Waals surface area contributed by atoms with Gasteiger partial charge in [0.25, 0.3) is 5.69 Å². The summed E-state index contributed by atoms with van der Waals surface area (Å²) in [5, 5.41) is 15.0. The summed E-state index contributed by atoms with van der Waals surface area (Å²) in [6, 6.07) is 10.8. The van der Waals surface area contributed by atoms with Crippen molar-refractivity contribution in [1.29, 1.82) is 0 Å². The minimum absolute atomic E-state index is 0.0615. The van der Waals surface area contributed by atoms with E-state index in [-0.39, 0.29) is 29.4 Å². The number of sulfonamides is 1. The van der Waals surface area contributed by atoms with Crippen molar-refractivity contribution in [3.8, 4) is 22.9 Å². The lowest BCUT2D eigenvalue weighted by atomic mass is 10.2. The maximum atomic E-state index is 13.1. The molecule has 34 heavy (non-hydrogen) atoms. The van der Waals surface area contributed by atoms with Gasteiger partial charge in [0, 0.05) is 37.8 Å². The Morgan fingerprint density at radius 2 is 1.76 bits per heavy atom. The molecule has 12 nitrogen and oxygen atoms in total. The van der Waals surface area contributed by atoms with Gasteiger partial charge in [-0.05, 0) is 30.3 Å². The second kappa shape index (κ2) is 9.75. The van der Waals surface area contributed by atoms with Crippen LogP contribution in [0.4, 0.5) is 5.69 Å². The third-order valence-corrected chi connectivity index (χ3v) is 7.42. The number of hydrogen-bond acceptors (Lipinski definition) is 10. The topological polar surface area (TPSA) is 141 Å². The number of hydrogen-bond donors (Lipinski definition) is 0. The number of nitrogens with zero attached hydrogens (tertiary/aromatic N) is 5. The number of methoxy groups -OCH3 is 2. The van der Waals surface area contributed by atoms with Gasteiger partial charge in [0.05, 0.1) is 31.8 Å². The Morgan fingerprint density at radius 3 is 2.38 bits per heavy atom. The third-order valence-electron chi connectivity index (χ3n) is 5.48. The molecule has 0 N–H and O–H groups in total. The van der Waals surface area contributed by atoms with Crippen LogP contribution in [0.5, 0.6) is 11.5 Å². The standard InChI is InChI=1S/C21H23N5O7S/c1-31-17-6-3-15(4-7-17)21-22-20(33-23-21)14-24-9-11-25(12-10-24)34(29,30)19-8-5-16(26(27)28)13-18(19)32-2/h3-8,13H,9-12,14H2,1-2H3. The van der Waals surface area contributed by atoms with Crippen LogP contribution in [-0.2, 0) is 16.6 Å². The van der Waals surface area contributed by atoms with E-state index in [1.54, 1.807) is 7.11 Å². The van der Waals surface area contributed by atoms with Crippen molar-refractivity contribution in [3.05, 3.63) is 58.5 Å². The highest BCUT2D eigenvalue weighted by Gasteiger charge is 2.32. The lowest BCUT2D eigenvalue weighted by Crippen LogP contribution is -2.48. The molecular weight excluding hydrogens is 466 g/mol. The molecule has 2 heterocycles. The summed E-state index contributed by atoms with van der Waals surface area (Å²) >= 11 is 0. The molecule has 180 valence electrons. The summed E-state index contributed by atoms with van der Waals surface area (Å²) in [5.74, 6) is 1.56. The summed E-state index contributed by atoms with van der Waals surface area (Å²) in [4.78, 5) is 16.7. The quantitative estimate of drug-likeness (QED) is 0.341. The molecule has 1 saturated heterocycles. The molecule has 13 heteroatoms. The lowest BCUT2D eigenvalue weighted by molar-refractivity contribution is -0.385. The van der Waals surface area contributed by atoms with Crippen molar-refractivity contribution in [2.75, 3.05) is 40.4 Å². The first-order valence-corrected chi connectivity index (χ1v) is 11.8. The van der Waals surface area contributed by atoms with Crippen molar-refractivity contribution in [1.82, 2.24) is 19.3 Å². The zero-order valence-electron chi connectivity index (χ0n) is 18.6. The number of nitro groups is 1. The average Bonchev–Trinajstić information content (AvgIpc) is 3.32. The Morgan fingerprint density at radius 1 is 1.06 bits per heavy atom. The van der Waals surface area contributed by atoms with Gasteiger partial charge in [0.2, 0.25) is 21.7 Å². The highest BCUT2D eigenvalue weighted by Crippen LogP contribution is 2.31. The van der Waals surface area contributed by atoms with Crippen molar-refractivity contribution in [3.63, 3.8) is 0 Å². The van der Waals surface area contributed by atoms with Gasteiger partial charge in [0.1, 0.15) is 16.4 Å². The molecule has 0 aliphatic carbocycles. The molecule has 0 atom stereocenters. The van der Waals surface area contributed by atoms with Crippen LogP contribution in [0.25, 0.3) is 11.4 Å². The Bertz CT molecular complexity index is 1270. The first-order chi connectivity index (χ1) is 16.3. The fourth-order valence-electron chi connectivity index (χ4n) is 3.62. The summed E-state index contributed by atoms with van der Waals surface area (Å²) in [6.45, 7) is 1.77. The van der Waals surface area contributed by atoms with Crippen LogP contribution in [0.2, 0.25) is 0 Å². The molecular formula is C21H23N5O7S. The molecule has 1 aliphatic heterocycles. The molecule has 0 saturated carbocycles. The predicted molar refractivity (Wildman–Crippen MR) is 120 cm³/mol. The molecule has 2 aromatic carbocycles. The van der Waals surface area contributed by atoms with E-state index in [4.69, 9.17) is 14.0 Å². The number of piperazine rings is 1. The van der Waals surface area contributed by atoms with Gasteiger partial charge >= 0.3 is 0 Å². The van der Waals surface area contributed by atoms with Crippen LogP contribution >= 0.6 is 0 Å². The fraction of sp³-hybridized carbons (Fsp3) is 0.333. The number of non-ortho nitro benzene ring substituents is 1. The van der Waals surface area contributed by atoms with E-state index in [2.05, 4.69) is 10.1 Å². The minimum Gasteiger partial charge on any atom is -0.497 e. The lowest BCUT2D eigenvalue weighted by Gasteiger charge is -2.33. The summed E-state index contributed by atoms with van der Waals surface area (Å²) in [7, 11) is -1.01. The Labute approximate surface area is 195 Å². The monoisotopic (exact) mass is 489 g/mol. The Kier molecular flexibility index (Phi) is 6.77. The zero-order valence-corrected chi connectivity index (χ0v) is 19.4. The van der Waals surface area contributed by atoms with E-state index in [0.717, 1.165) is 23.4 Å². The molecule has 4 rings (SSSR count). The molecule has 0 unspecified atom stereocenters. The Hall–Kier alpha value is -3.55. The molecule has 1 aromatic heterocycles. The van der Waals surface area contributed by atoms with E-state index in [1.807, 2.05) is 29.2 Å². The first-order valence-electron chi connectivity index (χ1n) is 10.3. The number of ether oxygens (including phenoxy) is 2. The van der Waals surface area contributed by atoms with Gasteiger partial charge in [-0.2, -0.15) is 9.29 Å². The SMILES string of the molecule is COc1ccc(-c2noc(CN3CCN(S(=O)(=O)c4ccc([N+](=O)[O-])cc4OC)CC3)n2)cc1. The molecule has 0 amide bonds. The molecule has 0 spiro atoms. The van der Waals surface area contributed by atoms with Gasteiger partial charge < -0.3 is 14.0 Å². The van der Waals surface area contributed by atoms with Crippen molar-refractivity contribution in [2.24, 2.45) is 0 Å². The van der Waals surface area contributed by atoms with Crippen LogP contribution < -0.4 is 9.47 Å². The van der Waals surface area contributed by atoms with Crippen molar-refractivity contribution in [2.45, 2.75) is 11.4 Å². The first kappa shape index (κ1) is 23.6. The van der Waals surface area contributed by atoms with Crippen LogP contribution in [0, 0.1) is 10.1 Å². The number of rotatable bonds is 8. The second-order valence-corrected chi connectivity index (χ2v) is 9.42. The van der Waals surface area contributed by atoms with Crippen LogP contribution in [-0.4, -0.2) is 73.1 Å². The van der Waals surface area contributed by atoms with E-state index in [0.29, 0.717) is 31.3 Å². The zero-order chi connectivity index (χ0) is 24.3. The van der Waals surface area contributed by atoms with Crippen LogP contribution in [0.15, 0.2) is 51.9 Å². The van der Waals surface area contributed by atoms with E-state index >= 15 is 0 Å². The van der Waals surface area contributed by atoms with E-state index < -0.39 is 14.9 Å². The molecule has 3 aromatic rings. The normalized spacial score (nSPS) is 15.2. The predicted octanol–water partition coefficient (Wildman–Crippen LogP) is 2.17. The van der Waals surface area contributed by atoms with Crippen LogP contribution in [0.1, 0.15) is 5.89 Å². The van der Waals surface area contributed by atoms with Gasteiger partial charge in [-0.15, -0.1) is 0 Å². The van der Waals surface area contributed by atoms with Gasteiger partial charge in [0.15, 0.2) is 0 Å². The van der Waals surface area contributed by atoms with E-state index in [9.17, 15) is 18.5 Å². The molecule has 1 fully saturated rings. The number of aromatic nitrogens is 2. The van der Waals surface area contributed by atoms with Gasteiger partial charge in [-0.25, -0.2) is 8.42 Å². The average molecular weight is 490 g/mol. The highest BCUT2D eigenvalue weighted by molar-refractivity contribution is 7.89. The maximum absolute atomic E-state index is 13.1. The van der Waals surface area contributed by atoms with Gasteiger partial charge in [-0.1, -0.05) is 5.16 Å². The fourth-order valence-corrected chi connectivity index (χ4v) is 5.18. The molecule has 1 aliphatic rings. The Balaban J connectivity index is 1.40. The highest BCUT2D eigenvalue weighted by atomic mass is 32.2. The van der Waals surface area contributed by atoms with Gasteiger partial charge in [-0.3, -0.25) is 15.0 Å². The van der Waals surface area contributed by atoms with Crippen molar-refractivity contribution >= 4 is 15.7 Å². The minimum atomic E-state index is -3.88. The summed E-state index contributed by atoms with van der Waals surface area (Å²) in [6.07, 6.45) is 0. The van der Waals surface area contributed by atoms with Crippen LogP contribution in [0.3, 0.4) is 0 Å². The number of benzene rings is 2. The maximum Gasteiger partial charge on any atom is 0.273 e. The third kappa shape index (κ3) is 4.85. The molecule has 0 radical (unpaired) electrons. The summed E-state index contributed by atoms with van der Waals surface area (Å²) in [5.41, 5.74) is 0.554. The molecule has 0 bridgehead atoms. The summed E-state index contributed by atoms with van der Waals surface area (Å²) < 4.78 is 43.2. The second-order valence-electron chi connectivity index (χ2n) is 7.51. The number of nitro benzene ring substituents is 1. The smallest absolute Gasteiger partial charge is 0.273 e. The van der Waals surface area contributed by atoms with E-state index in [1.165, 1.54) is 17.5 Å². The largest absolute Gasteiger partial charge is 0.497 e.